The summed E-state index contributed by atoms with van der Waals surface area (Å²) in [5.74, 6) is 1.35. The lowest BCUT2D eigenvalue weighted by Gasteiger charge is -2.07. The molecule has 4 rings (SSSR count). The molecule has 164 valence electrons. The number of aromatic nitrogens is 4. The van der Waals surface area contributed by atoms with Gasteiger partial charge in [-0.1, -0.05) is 39.3 Å². The van der Waals surface area contributed by atoms with Crippen molar-refractivity contribution in [3.63, 3.8) is 0 Å². The normalized spacial score (nSPS) is 10.9. The number of benzene rings is 2. The second kappa shape index (κ2) is 8.83. The van der Waals surface area contributed by atoms with Crippen LogP contribution in [0.15, 0.2) is 51.4 Å². The Bertz CT molecular complexity index is 1300. The van der Waals surface area contributed by atoms with Crippen LogP contribution in [0.4, 0.5) is 11.5 Å². The van der Waals surface area contributed by atoms with Gasteiger partial charge in [0.15, 0.2) is 11.5 Å². The van der Waals surface area contributed by atoms with Crippen LogP contribution in [-0.4, -0.2) is 33.0 Å². The third-order valence-electron chi connectivity index (χ3n) is 4.97. The maximum absolute atomic E-state index is 12.7. The van der Waals surface area contributed by atoms with Gasteiger partial charge in [0.2, 0.25) is 5.89 Å². The Labute approximate surface area is 192 Å². The zero-order valence-corrected chi connectivity index (χ0v) is 19.3. The number of amides is 1. The number of oxazole rings is 1. The van der Waals surface area contributed by atoms with Crippen LogP contribution in [0.25, 0.3) is 11.5 Å². The van der Waals surface area contributed by atoms with E-state index in [-0.39, 0.29) is 18.1 Å². The molecule has 0 saturated carbocycles. The first-order chi connectivity index (χ1) is 15.4. The van der Waals surface area contributed by atoms with E-state index in [9.17, 15) is 4.79 Å². The summed E-state index contributed by atoms with van der Waals surface area (Å²) >= 11 is 3.45. The molecule has 1 amide bonds. The van der Waals surface area contributed by atoms with Gasteiger partial charge in [0.05, 0.1) is 19.2 Å². The van der Waals surface area contributed by atoms with Gasteiger partial charge in [-0.2, -0.15) is 0 Å². The molecule has 0 atom stereocenters. The van der Waals surface area contributed by atoms with Gasteiger partial charge in [0, 0.05) is 10.2 Å². The number of rotatable bonds is 6. The standard InChI is InChI=1S/C22H21BrN6O3/c1-12-6-4-5-7-16(12)25-21(30)19-20(24)29(28-27-19)11-17-13(2)32-22(26-17)15-10-14(23)8-9-18(15)31-3/h4-10H,11,24H2,1-3H3,(H,25,30). The van der Waals surface area contributed by atoms with Crippen molar-refractivity contribution in [3.8, 4) is 17.2 Å². The number of halogens is 1. The van der Waals surface area contributed by atoms with Gasteiger partial charge < -0.3 is 20.2 Å². The summed E-state index contributed by atoms with van der Waals surface area (Å²) in [6.07, 6.45) is 0. The first-order valence-electron chi connectivity index (χ1n) is 9.73. The number of nitrogens with one attached hydrogen (secondary N) is 1. The van der Waals surface area contributed by atoms with Crippen molar-refractivity contribution in [1.29, 1.82) is 0 Å². The van der Waals surface area contributed by atoms with Crippen LogP contribution < -0.4 is 15.8 Å². The molecular weight excluding hydrogens is 476 g/mol. The average Bonchev–Trinajstić information content (AvgIpc) is 3.32. The van der Waals surface area contributed by atoms with Gasteiger partial charge in [0.1, 0.15) is 17.2 Å². The lowest BCUT2D eigenvalue weighted by Crippen LogP contribution is -2.16. The lowest BCUT2D eigenvalue weighted by atomic mass is 10.2. The SMILES string of the molecule is COc1ccc(Br)cc1-c1nc(Cn2nnc(C(=O)Nc3ccccc3C)c2N)c(C)o1. The summed E-state index contributed by atoms with van der Waals surface area (Å²) in [6, 6.07) is 13.0. The van der Waals surface area contributed by atoms with Gasteiger partial charge in [-0.05, 0) is 43.7 Å². The number of nitrogens with zero attached hydrogens (tertiary/aromatic N) is 4. The topological polar surface area (TPSA) is 121 Å². The highest BCUT2D eigenvalue weighted by atomic mass is 79.9. The van der Waals surface area contributed by atoms with Crippen molar-refractivity contribution in [2.75, 3.05) is 18.2 Å². The number of hydrogen-bond acceptors (Lipinski definition) is 7. The average molecular weight is 497 g/mol. The summed E-state index contributed by atoms with van der Waals surface area (Å²) < 4.78 is 13.6. The molecule has 0 unspecified atom stereocenters. The summed E-state index contributed by atoms with van der Waals surface area (Å²) in [4.78, 5) is 17.2. The Morgan fingerprint density at radius 3 is 2.78 bits per heavy atom. The molecule has 4 aromatic rings. The minimum atomic E-state index is -0.431. The van der Waals surface area contributed by atoms with Gasteiger partial charge >= 0.3 is 0 Å². The zero-order chi connectivity index (χ0) is 22.8. The molecule has 0 aliphatic heterocycles. The van der Waals surface area contributed by atoms with Crippen LogP contribution >= 0.6 is 15.9 Å². The number of anilines is 2. The van der Waals surface area contributed by atoms with E-state index in [2.05, 4.69) is 36.5 Å². The van der Waals surface area contributed by atoms with Crippen molar-refractivity contribution >= 4 is 33.3 Å². The van der Waals surface area contributed by atoms with Crippen molar-refractivity contribution in [1.82, 2.24) is 20.0 Å². The Kier molecular flexibility index (Phi) is 5.95. The predicted molar refractivity (Wildman–Crippen MR) is 124 cm³/mol. The molecular formula is C22H21BrN6O3. The minimum absolute atomic E-state index is 0.0447. The third-order valence-corrected chi connectivity index (χ3v) is 5.46. The second-order valence-electron chi connectivity index (χ2n) is 7.12. The fourth-order valence-corrected chi connectivity index (χ4v) is 3.53. The quantitative estimate of drug-likeness (QED) is 0.410. The molecule has 0 aliphatic carbocycles. The number of methoxy groups -OCH3 is 1. The van der Waals surface area contributed by atoms with Crippen LogP contribution in [0, 0.1) is 13.8 Å². The van der Waals surface area contributed by atoms with E-state index in [0.717, 1.165) is 10.0 Å². The van der Waals surface area contributed by atoms with Crippen LogP contribution in [-0.2, 0) is 6.54 Å². The maximum atomic E-state index is 12.7. The van der Waals surface area contributed by atoms with E-state index in [0.29, 0.717) is 34.3 Å². The molecule has 9 nitrogen and oxygen atoms in total. The van der Waals surface area contributed by atoms with Crippen molar-refractivity contribution in [2.24, 2.45) is 0 Å². The molecule has 0 radical (unpaired) electrons. The number of nitrogen functional groups attached to an aromatic ring is 1. The number of hydrogen-bond donors (Lipinski definition) is 2. The first-order valence-corrected chi connectivity index (χ1v) is 10.5. The van der Waals surface area contributed by atoms with Crippen molar-refractivity contribution < 1.29 is 13.9 Å². The number of para-hydroxylation sites is 1. The molecule has 32 heavy (non-hydrogen) atoms. The van der Waals surface area contributed by atoms with E-state index < -0.39 is 5.91 Å². The van der Waals surface area contributed by atoms with E-state index in [1.54, 1.807) is 14.0 Å². The summed E-state index contributed by atoms with van der Waals surface area (Å²) in [5.41, 5.74) is 9.16. The highest BCUT2D eigenvalue weighted by Gasteiger charge is 2.21. The summed E-state index contributed by atoms with van der Waals surface area (Å²) in [5, 5.41) is 10.8. The Morgan fingerprint density at radius 2 is 2.03 bits per heavy atom. The number of carbonyl (C=O) groups is 1. The summed E-state index contributed by atoms with van der Waals surface area (Å²) in [6.45, 7) is 3.90. The van der Waals surface area contributed by atoms with E-state index in [1.165, 1.54) is 4.68 Å². The molecule has 0 saturated heterocycles. The molecule has 0 fully saturated rings. The Balaban J connectivity index is 1.57. The maximum Gasteiger partial charge on any atom is 0.280 e. The molecule has 10 heteroatoms. The fourth-order valence-electron chi connectivity index (χ4n) is 3.17. The smallest absolute Gasteiger partial charge is 0.280 e. The number of carbonyl (C=O) groups excluding carboxylic acids is 1. The number of aryl methyl sites for hydroxylation is 2. The lowest BCUT2D eigenvalue weighted by molar-refractivity contribution is 0.102. The van der Waals surface area contributed by atoms with Crippen LogP contribution in [0.3, 0.4) is 0 Å². The molecule has 0 spiro atoms. The Hall–Kier alpha value is -3.66. The van der Waals surface area contributed by atoms with Gasteiger partial charge in [-0.25, -0.2) is 9.67 Å². The molecule has 3 N–H and O–H groups in total. The van der Waals surface area contributed by atoms with Gasteiger partial charge in [-0.15, -0.1) is 5.10 Å². The van der Waals surface area contributed by atoms with Crippen LogP contribution in [0.5, 0.6) is 5.75 Å². The largest absolute Gasteiger partial charge is 0.496 e. The van der Waals surface area contributed by atoms with Crippen molar-refractivity contribution in [2.45, 2.75) is 20.4 Å². The van der Waals surface area contributed by atoms with Crippen LogP contribution in [0.1, 0.15) is 27.5 Å². The molecule has 0 aliphatic rings. The molecule has 0 bridgehead atoms. The highest BCUT2D eigenvalue weighted by molar-refractivity contribution is 9.10. The second-order valence-corrected chi connectivity index (χ2v) is 8.03. The van der Waals surface area contributed by atoms with E-state index in [4.69, 9.17) is 14.9 Å². The van der Waals surface area contributed by atoms with E-state index >= 15 is 0 Å². The first kappa shape index (κ1) is 21.6. The Morgan fingerprint density at radius 1 is 1.25 bits per heavy atom. The van der Waals surface area contributed by atoms with Gasteiger partial charge in [0.25, 0.3) is 5.91 Å². The fraction of sp³-hybridized carbons (Fsp3) is 0.182. The highest BCUT2D eigenvalue weighted by Crippen LogP contribution is 2.33. The molecule has 2 heterocycles. The van der Waals surface area contributed by atoms with E-state index in [1.807, 2.05) is 49.4 Å². The third kappa shape index (κ3) is 4.22. The molecule has 2 aromatic carbocycles. The number of nitrogens with two attached hydrogens (primary N) is 1. The molecule has 2 aromatic heterocycles. The monoisotopic (exact) mass is 496 g/mol. The predicted octanol–water partition coefficient (Wildman–Crippen LogP) is 4.20. The zero-order valence-electron chi connectivity index (χ0n) is 17.7. The van der Waals surface area contributed by atoms with Crippen LogP contribution in [0.2, 0.25) is 0 Å². The van der Waals surface area contributed by atoms with Crippen molar-refractivity contribution in [3.05, 3.63) is 69.6 Å². The van der Waals surface area contributed by atoms with Gasteiger partial charge in [-0.3, -0.25) is 4.79 Å². The number of ether oxygens (including phenoxy) is 1. The minimum Gasteiger partial charge on any atom is -0.496 e. The summed E-state index contributed by atoms with van der Waals surface area (Å²) in [7, 11) is 1.59.